The van der Waals surface area contributed by atoms with E-state index in [9.17, 15) is 13.2 Å². The minimum absolute atomic E-state index is 0.00296. The molecule has 26 heavy (non-hydrogen) atoms. The van der Waals surface area contributed by atoms with Gasteiger partial charge >= 0.3 is 6.18 Å². The fourth-order valence-electron chi connectivity index (χ4n) is 3.38. The van der Waals surface area contributed by atoms with Gasteiger partial charge in [-0.2, -0.15) is 13.2 Å². The van der Waals surface area contributed by atoms with E-state index in [0.717, 1.165) is 48.3 Å². The number of rotatable bonds is 3. The van der Waals surface area contributed by atoms with Crippen molar-refractivity contribution in [2.24, 2.45) is 5.16 Å². The van der Waals surface area contributed by atoms with Crippen molar-refractivity contribution in [1.29, 1.82) is 0 Å². The SMILES string of the molecule is FC(F)(F)c1cccc(CO/N=C2\CCCc3c2[nH]c2ccccc32)c1. The number of halogens is 3. The molecule has 4 rings (SSSR count). The molecular weight excluding hydrogens is 341 g/mol. The van der Waals surface area contributed by atoms with E-state index < -0.39 is 11.7 Å². The van der Waals surface area contributed by atoms with Crippen LogP contribution < -0.4 is 0 Å². The van der Waals surface area contributed by atoms with Gasteiger partial charge in [0.1, 0.15) is 12.3 Å². The molecule has 3 aromatic rings. The van der Waals surface area contributed by atoms with Gasteiger partial charge in [0, 0.05) is 10.9 Å². The number of oxime groups is 1. The van der Waals surface area contributed by atoms with E-state index in [4.69, 9.17) is 4.84 Å². The largest absolute Gasteiger partial charge is 0.416 e. The monoisotopic (exact) mass is 358 g/mol. The predicted octanol–water partition coefficient (Wildman–Crippen LogP) is 5.44. The Labute approximate surface area is 148 Å². The molecule has 0 unspecified atom stereocenters. The average molecular weight is 358 g/mol. The molecule has 0 atom stereocenters. The van der Waals surface area contributed by atoms with Gasteiger partial charge in [0.15, 0.2) is 0 Å². The maximum atomic E-state index is 12.8. The second-order valence-electron chi connectivity index (χ2n) is 6.39. The predicted molar refractivity (Wildman–Crippen MR) is 94.0 cm³/mol. The van der Waals surface area contributed by atoms with Gasteiger partial charge in [0.25, 0.3) is 0 Å². The summed E-state index contributed by atoms with van der Waals surface area (Å²) in [5.41, 5.74) is 3.84. The lowest BCUT2D eigenvalue weighted by Gasteiger charge is -2.14. The molecule has 1 heterocycles. The van der Waals surface area contributed by atoms with Gasteiger partial charge in [-0.05, 0) is 48.6 Å². The molecule has 0 aliphatic heterocycles. The second-order valence-corrected chi connectivity index (χ2v) is 6.39. The van der Waals surface area contributed by atoms with Gasteiger partial charge in [0.2, 0.25) is 0 Å². The van der Waals surface area contributed by atoms with Crippen molar-refractivity contribution < 1.29 is 18.0 Å². The Kier molecular flexibility index (Phi) is 4.18. The van der Waals surface area contributed by atoms with Gasteiger partial charge < -0.3 is 9.82 Å². The Hall–Kier alpha value is -2.76. The van der Waals surface area contributed by atoms with Crippen molar-refractivity contribution in [3.8, 4) is 0 Å². The highest BCUT2D eigenvalue weighted by Crippen LogP contribution is 2.31. The summed E-state index contributed by atoms with van der Waals surface area (Å²) in [6.45, 7) is 0.00296. The summed E-state index contributed by atoms with van der Waals surface area (Å²) in [5, 5.41) is 5.40. The maximum absolute atomic E-state index is 12.8. The van der Waals surface area contributed by atoms with E-state index in [1.165, 1.54) is 17.0 Å². The van der Waals surface area contributed by atoms with E-state index in [1.54, 1.807) is 6.07 Å². The highest BCUT2D eigenvalue weighted by molar-refractivity contribution is 6.06. The van der Waals surface area contributed by atoms with Gasteiger partial charge in [-0.3, -0.25) is 0 Å². The summed E-state index contributed by atoms with van der Waals surface area (Å²) in [6, 6.07) is 13.2. The van der Waals surface area contributed by atoms with Crippen molar-refractivity contribution >= 4 is 16.6 Å². The molecule has 1 aliphatic rings. The lowest BCUT2D eigenvalue weighted by Crippen LogP contribution is -2.12. The molecule has 0 fully saturated rings. The number of aryl methyl sites for hydroxylation is 1. The zero-order chi connectivity index (χ0) is 18.1. The molecule has 2 aromatic carbocycles. The van der Waals surface area contributed by atoms with Gasteiger partial charge in [0.05, 0.1) is 11.3 Å². The van der Waals surface area contributed by atoms with Crippen molar-refractivity contribution in [2.45, 2.75) is 32.0 Å². The molecule has 134 valence electrons. The molecule has 0 radical (unpaired) electrons. The number of hydrogen-bond donors (Lipinski definition) is 1. The van der Waals surface area contributed by atoms with Crippen molar-refractivity contribution in [2.75, 3.05) is 0 Å². The van der Waals surface area contributed by atoms with E-state index in [-0.39, 0.29) is 6.61 Å². The first-order valence-electron chi connectivity index (χ1n) is 8.47. The summed E-state index contributed by atoms with van der Waals surface area (Å²) < 4.78 is 38.3. The summed E-state index contributed by atoms with van der Waals surface area (Å²) in [5.74, 6) is 0. The van der Waals surface area contributed by atoms with Crippen molar-refractivity contribution in [3.05, 3.63) is 70.9 Å². The summed E-state index contributed by atoms with van der Waals surface area (Å²) in [6.07, 6.45) is -1.63. The van der Waals surface area contributed by atoms with Crippen LogP contribution in [0.25, 0.3) is 10.9 Å². The lowest BCUT2D eigenvalue weighted by molar-refractivity contribution is -0.137. The van der Waals surface area contributed by atoms with Crippen molar-refractivity contribution in [3.63, 3.8) is 0 Å². The van der Waals surface area contributed by atoms with Crippen LogP contribution in [0.15, 0.2) is 53.7 Å². The lowest BCUT2D eigenvalue weighted by atomic mass is 9.94. The van der Waals surface area contributed by atoms with Gasteiger partial charge in [-0.1, -0.05) is 35.5 Å². The molecule has 1 aromatic heterocycles. The number of aromatic nitrogens is 1. The number of fused-ring (bicyclic) bond motifs is 3. The standard InChI is InChI=1S/C20H17F3N2O/c21-20(22,23)14-6-3-5-13(11-14)12-26-25-18-10-4-8-16-15-7-1-2-9-17(15)24-19(16)18/h1-3,5-7,9,11,24H,4,8,10,12H2/b25-18+. The summed E-state index contributed by atoms with van der Waals surface area (Å²) in [4.78, 5) is 8.76. The first-order chi connectivity index (χ1) is 12.5. The van der Waals surface area contributed by atoms with Crippen LogP contribution in [0.3, 0.4) is 0 Å². The summed E-state index contributed by atoms with van der Waals surface area (Å²) >= 11 is 0. The van der Waals surface area contributed by atoms with Crippen LogP contribution in [0.2, 0.25) is 0 Å². The quantitative estimate of drug-likeness (QED) is 0.622. The van der Waals surface area contributed by atoms with E-state index in [2.05, 4.69) is 16.2 Å². The molecule has 1 N–H and O–H groups in total. The van der Waals surface area contributed by atoms with Gasteiger partial charge in [-0.15, -0.1) is 0 Å². The Balaban J connectivity index is 1.54. The smallest absolute Gasteiger partial charge is 0.391 e. The van der Waals surface area contributed by atoms with Crippen LogP contribution in [-0.4, -0.2) is 10.7 Å². The first kappa shape index (κ1) is 16.7. The van der Waals surface area contributed by atoms with Crippen LogP contribution in [0.5, 0.6) is 0 Å². The molecule has 1 aliphatic carbocycles. The topological polar surface area (TPSA) is 37.4 Å². The summed E-state index contributed by atoms with van der Waals surface area (Å²) in [7, 11) is 0. The normalized spacial score (nSPS) is 16.0. The zero-order valence-corrected chi connectivity index (χ0v) is 13.9. The first-order valence-corrected chi connectivity index (χ1v) is 8.47. The van der Waals surface area contributed by atoms with Crippen LogP contribution in [-0.2, 0) is 24.0 Å². The fourth-order valence-corrected chi connectivity index (χ4v) is 3.38. The highest BCUT2D eigenvalue weighted by atomic mass is 19.4. The van der Waals surface area contributed by atoms with E-state index in [0.29, 0.717) is 5.56 Å². The van der Waals surface area contributed by atoms with Crippen LogP contribution in [0.1, 0.15) is 35.2 Å². The number of aromatic amines is 1. The third-order valence-corrected chi connectivity index (χ3v) is 4.60. The Morgan fingerprint density at radius 2 is 1.88 bits per heavy atom. The Bertz CT molecular complexity index is 973. The molecule has 0 bridgehead atoms. The number of nitrogens with zero attached hydrogens (tertiary/aromatic N) is 1. The number of para-hydroxylation sites is 1. The third kappa shape index (κ3) is 3.19. The number of H-pyrrole nitrogens is 1. The zero-order valence-electron chi connectivity index (χ0n) is 13.9. The van der Waals surface area contributed by atoms with Gasteiger partial charge in [-0.25, -0.2) is 0 Å². The number of nitrogens with one attached hydrogen (secondary N) is 1. The van der Waals surface area contributed by atoms with Crippen LogP contribution in [0, 0.1) is 0 Å². The van der Waals surface area contributed by atoms with Crippen molar-refractivity contribution in [1.82, 2.24) is 4.98 Å². The van der Waals surface area contributed by atoms with E-state index in [1.807, 2.05) is 18.2 Å². The molecular formula is C20H17F3N2O. The molecule has 0 saturated heterocycles. The van der Waals surface area contributed by atoms with Crippen LogP contribution in [0.4, 0.5) is 13.2 Å². The number of alkyl halides is 3. The highest BCUT2D eigenvalue weighted by Gasteiger charge is 2.30. The minimum Gasteiger partial charge on any atom is -0.391 e. The minimum atomic E-state index is -4.36. The second kappa shape index (κ2) is 6.52. The molecule has 0 spiro atoms. The fraction of sp³-hybridized carbons (Fsp3) is 0.250. The Morgan fingerprint density at radius 3 is 2.73 bits per heavy atom. The average Bonchev–Trinajstić information content (AvgIpc) is 3.01. The maximum Gasteiger partial charge on any atom is 0.416 e. The third-order valence-electron chi connectivity index (χ3n) is 4.60. The number of hydrogen-bond acceptors (Lipinski definition) is 2. The van der Waals surface area contributed by atoms with E-state index >= 15 is 0 Å². The molecule has 0 amide bonds. The number of benzene rings is 2. The Morgan fingerprint density at radius 1 is 1.04 bits per heavy atom. The molecule has 6 heteroatoms. The molecule has 0 saturated carbocycles. The van der Waals surface area contributed by atoms with Crippen LogP contribution >= 0.6 is 0 Å². The molecule has 3 nitrogen and oxygen atoms in total.